The lowest BCUT2D eigenvalue weighted by Gasteiger charge is -2.09. The zero-order valence-electron chi connectivity index (χ0n) is 49.0. The van der Waals surface area contributed by atoms with Gasteiger partial charge in [0.15, 0.2) is 0 Å². The highest BCUT2D eigenvalue weighted by Gasteiger charge is 2.15. The topological polar surface area (TPSA) is 260 Å². The lowest BCUT2D eigenvalue weighted by atomic mass is 10.2. The van der Waals surface area contributed by atoms with Gasteiger partial charge in [-0.15, -0.1) is 0 Å². The van der Waals surface area contributed by atoms with Gasteiger partial charge < -0.3 is 52.8 Å². The second-order valence-electron chi connectivity index (χ2n) is 18.9. The van der Waals surface area contributed by atoms with Crippen LogP contribution in [-0.4, -0.2) is 97.6 Å². The number of unbranched alkanes of at least 4 members (excludes halogenated alkanes) is 8. The van der Waals surface area contributed by atoms with E-state index in [0.717, 1.165) is 50.7 Å². The molecule has 0 atom stereocenters. The first-order valence-corrected chi connectivity index (χ1v) is 28.5. The highest BCUT2D eigenvalue weighted by Crippen LogP contribution is 2.21. The van der Waals surface area contributed by atoms with Gasteiger partial charge in [0.1, 0.15) is 34.5 Å². The zero-order valence-corrected chi connectivity index (χ0v) is 49.0. The highest BCUT2D eigenvalue weighted by atomic mass is 16.6. The summed E-state index contributed by atoms with van der Waals surface area (Å²) in [6, 6.07) is 36.8. The van der Waals surface area contributed by atoms with Gasteiger partial charge in [-0.3, -0.25) is 0 Å². The predicted molar refractivity (Wildman–Crippen MR) is 323 cm³/mol. The van der Waals surface area contributed by atoms with Crippen molar-refractivity contribution >= 4 is 47.8 Å². The number of carboxylic acid groups (broad SMARTS) is 1. The van der Waals surface area contributed by atoms with Gasteiger partial charge >= 0.3 is 47.8 Å². The smallest absolute Gasteiger partial charge is 0.343 e. The Morgan fingerprint density at radius 2 is 0.598 bits per heavy atom. The normalized spacial score (nSPS) is 10.2. The molecule has 6 aromatic rings. The van der Waals surface area contributed by atoms with Crippen molar-refractivity contribution < 1.29 is 91.2 Å². The second-order valence-corrected chi connectivity index (χ2v) is 18.9. The summed E-state index contributed by atoms with van der Waals surface area (Å²) < 4.78 is 47.3. The third kappa shape index (κ3) is 27.9. The number of rotatable bonds is 33. The number of aromatic hydroxyl groups is 1. The quantitative estimate of drug-likeness (QED) is 0.0128. The van der Waals surface area contributed by atoms with Gasteiger partial charge in [-0.05, 0) is 184 Å². The molecule has 19 heteroatoms. The van der Waals surface area contributed by atoms with Crippen LogP contribution in [0.15, 0.2) is 171 Å². The summed E-state index contributed by atoms with van der Waals surface area (Å²) in [6.07, 6.45) is 13.4. The maximum absolute atomic E-state index is 12.6. The maximum atomic E-state index is 12.6. The van der Waals surface area contributed by atoms with E-state index in [-0.39, 0.29) is 40.1 Å². The molecule has 6 rings (SSSR count). The Balaban J connectivity index is 0.000000313. The SMILES string of the molecule is C=CC(=O)OCCCCOc1ccc(C(=O)Oc2ccc(C(=O)O)cc2)cc1.C=CC(=O)OCCCCOc1ccc(C(=O)Oc2ccc(C(=O)Oc3ccc(C(=O)OCCCCCC)cc3)cc2)cc1.CCCCCCOC(=O)c1ccc(O)cc1. The molecule has 460 valence electrons. The molecule has 0 heterocycles. The monoisotopic (exact) mass is 1190 g/mol. The fraction of sp³-hybridized carbons (Fsp3) is 0.294. The van der Waals surface area contributed by atoms with Crippen LogP contribution in [0.4, 0.5) is 0 Å². The van der Waals surface area contributed by atoms with Crippen LogP contribution in [0, 0.1) is 0 Å². The largest absolute Gasteiger partial charge is 0.508 e. The molecule has 0 amide bonds. The summed E-state index contributed by atoms with van der Waals surface area (Å²) in [5.74, 6) is -2.26. The first-order valence-electron chi connectivity index (χ1n) is 28.5. The van der Waals surface area contributed by atoms with Gasteiger partial charge in [0.25, 0.3) is 0 Å². The zero-order chi connectivity index (χ0) is 63.0. The molecule has 0 aliphatic heterocycles. The van der Waals surface area contributed by atoms with Crippen molar-refractivity contribution in [3.05, 3.63) is 204 Å². The van der Waals surface area contributed by atoms with Gasteiger partial charge in [0.2, 0.25) is 0 Å². The Bertz CT molecular complexity index is 3100. The minimum absolute atomic E-state index is 0.111. The van der Waals surface area contributed by atoms with Gasteiger partial charge in [0, 0.05) is 12.2 Å². The number of phenolic OH excluding ortho intramolecular Hbond substituents is 1. The Morgan fingerprint density at radius 3 is 0.908 bits per heavy atom. The number of phenols is 1. The molecule has 0 saturated carbocycles. The molecule has 0 aromatic heterocycles. The summed E-state index contributed by atoms with van der Waals surface area (Å²) in [4.78, 5) is 93.5. The summed E-state index contributed by atoms with van der Waals surface area (Å²) in [7, 11) is 0. The first-order chi connectivity index (χ1) is 42.1. The van der Waals surface area contributed by atoms with E-state index >= 15 is 0 Å². The molecule has 0 fully saturated rings. The van der Waals surface area contributed by atoms with Crippen molar-refractivity contribution in [3.8, 4) is 34.5 Å². The summed E-state index contributed by atoms with van der Waals surface area (Å²) in [5, 5.41) is 17.9. The van der Waals surface area contributed by atoms with Crippen LogP contribution in [0.5, 0.6) is 34.5 Å². The minimum Gasteiger partial charge on any atom is -0.508 e. The first kappa shape index (κ1) is 69.5. The van der Waals surface area contributed by atoms with E-state index in [1.54, 1.807) is 72.8 Å². The molecule has 0 unspecified atom stereocenters. The molecule has 0 spiro atoms. The van der Waals surface area contributed by atoms with Gasteiger partial charge in [0.05, 0.1) is 73.0 Å². The predicted octanol–water partition coefficient (Wildman–Crippen LogP) is 13.4. The van der Waals surface area contributed by atoms with Crippen LogP contribution in [-0.2, 0) is 28.5 Å². The Labute approximate surface area is 506 Å². The van der Waals surface area contributed by atoms with Crippen LogP contribution < -0.4 is 23.7 Å². The molecule has 87 heavy (non-hydrogen) atoms. The van der Waals surface area contributed by atoms with E-state index < -0.39 is 41.8 Å². The summed E-state index contributed by atoms with van der Waals surface area (Å²) in [5.41, 5.74) is 1.90. The van der Waals surface area contributed by atoms with Crippen LogP contribution in [0.1, 0.15) is 153 Å². The molecule has 6 aromatic carbocycles. The fourth-order valence-corrected chi connectivity index (χ4v) is 7.26. The van der Waals surface area contributed by atoms with Crippen LogP contribution >= 0.6 is 0 Å². The molecule has 0 bridgehead atoms. The Morgan fingerprint density at radius 1 is 0.333 bits per heavy atom. The minimum atomic E-state index is -1.05. The van der Waals surface area contributed by atoms with Crippen molar-refractivity contribution in [2.24, 2.45) is 0 Å². The number of carbonyl (C=O) groups excluding carboxylic acids is 7. The maximum Gasteiger partial charge on any atom is 0.343 e. The number of carboxylic acids is 1. The molecular weight excluding hydrogens is 1120 g/mol. The van der Waals surface area contributed by atoms with E-state index in [0.29, 0.717) is 99.1 Å². The molecule has 0 saturated heterocycles. The third-order valence-electron chi connectivity index (χ3n) is 12.1. The van der Waals surface area contributed by atoms with Crippen molar-refractivity contribution in [2.75, 3.05) is 39.6 Å². The highest BCUT2D eigenvalue weighted by molar-refractivity contribution is 5.94. The van der Waals surface area contributed by atoms with E-state index in [2.05, 4.69) is 27.0 Å². The van der Waals surface area contributed by atoms with Crippen LogP contribution in [0.25, 0.3) is 0 Å². The average Bonchev–Trinajstić information content (AvgIpc) is 3.47. The fourth-order valence-electron chi connectivity index (χ4n) is 7.26. The number of hydrogen-bond acceptors (Lipinski definition) is 18. The van der Waals surface area contributed by atoms with E-state index in [9.17, 15) is 38.4 Å². The van der Waals surface area contributed by atoms with Crippen molar-refractivity contribution in [3.63, 3.8) is 0 Å². The molecule has 0 radical (unpaired) electrons. The number of benzene rings is 6. The number of aromatic carboxylic acids is 1. The van der Waals surface area contributed by atoms with Crippen LogP contribution in [0.3, 0.4) is 0 Å². The van der Waals surface area contributed by atoms with Crippen molar-refractivity contribution in [2.45, 2.75) is 90.9 Å². The second kappa shape index (κ2) is 40.3. The molecule has 0 aliphatic rings. The standard InChI is InChI=1S/C34H36O9.C21H20O7.C13H18O3/c1-3-5-6-7-24-41-32(36)25-12-18-29(19-13-25)42-34(38)27-14-20-30(21-15-27)43-33(37)26-10-16-28(17-11-26)39-22-8-9-23-40-31(35)4-2;1-2-19(22)27-14-4-3-13-26-17-9-7-16(8-10-17)21(25)28-18-11-5-15(6-12-18)20(23)24;1-2-3-4-5-10-16-13(15)11-6-8-12(14)9-7-11/h4,10-21H,2-3,5-9,22-24H2,1H3;2,5-12H,1,3-4,13-14H2,(H,23,24);6-9,14H,2-5,10H2,1H3. The number of ether oxygens (including phenoxy) is 9. The van der Waals surface area contributed by atoms with Crippen molar-refractivity contribution in [1.82, 2.24) is 0 Å². The van der Waals surface area contributed by atoms with Crippen molar-refractivity contribution in [1.29, 1.82) is 0 Å². The van der Waals surface area contributed by atoms with Gasteiger partial charge in [-0.2, -0.15) is 0 Å². The summed E-state index contributed by atoms with van der Waals surface area (Å²) >= 11 is 0. The lowest BCUT2D eigenvalue weighted by Crippen LogP contribution is -2.11. The van der Waals surface area contributed by atoms with Gasteiger partial charge in [-0.25, -0.2) is 38.4 Å². The van der Waals surface area contributed by atoms with Gasteiger partial charge in [-0.1, -0.05) is 65.5 Å². The number of esters is 7. The molecule has 0 aliphatic carbocycles. The molecular formula is C68H74O19. The Kier molecular flexibility index (Phi) is 32.1. The number of carbonyl (C=O) groups is 8. The van der Waals surface area contributed by atoms with E-state index in [1.165, 1.54) is 85.6 Å². The molecule has 19 nitrogen and oxygen atoms in total. The Hall–Kier alpha value is -10.0. The number of hydrogen-bond donors (Lipinski definition) is 2. The average molecular weight is 1200 g/mol. The molecule has 2 N–H and O–H groups in total. The van der Waals surface area contributed by atoms with Crippen LogP contribution in [0.2, 0.25) is 0 Å². The van der Waals surface area contributed by atoms with E-state index in [1.807, 2.05) is 0 Å². The van der Waals surface area contributed by atoms with E-state index in [4.69, 9.17) is 52.8 Å². The lowest BCUT2D eigenvalue weighted by molar-refractivity contribution is -0.138. The summed E-state index contributed by atoms with van der Waals surface area (Å²) in [6.45, 7) is 13.3. The third-order valence-corrected chi connectivity index (χ3v) is 12.1.